The van der Waals surface area contributed by atoms with Gasteiger partial charge in [-0.15, -0.1) is 0 Å². The molecule has 2 rings (SSSR count). The first-order valence-corrected chi connectivity index (χ1v) is 6.29. The van der Waals surface area contributed by atoms with Gasteiger partial charge in [-0.1, -0.05) is 32.1 Å². The number of hydrogen-bond acceptors (Lipinski definition) is 2. The van der Waals surface area contributed by atoms with E-state index >= 15 is 0 Å². The second kappa shape index (κ2) is 4.97. The summed E-state index contributed by atoms with van der Waals surface area (Å²) in [5.74, 6) is 1.13. The Bertz CT molecular complexity index is 224. The van der Waals surface area contributed by atoms with Gasteiger partial charge in [0.2, 0.25) is 5.91 Å². The summed E-state index contributed by atoms with van der Waals surface area (Å²) >= 11 is 0. The summed E-state index contributed by atoms with van der Waals surface area (Å²) in [6.45, 7) is 1.72. The van der Waals surface area contributed by atoms with Crippen LogP contribution in [0.3, 0.4) is 0 Å². The van der Waals surface area contributed by atoms with Crippen molar-refractivity contribution in [1.29, 1.82) is 0 Å². The van der Waals surface area contributed by atoms with E-state index in [1.165, 1.54) is 38.5 Å². The molecule has 2 aliphatic rings. The molecule has 0 aromatic carbocycles. The molecule has 1 saturated heterocycles. The molecule has 0 aromatic rings. The highest BCUT2D eigenvalue weighted by Gasteiger charge is 2.27. The Kier molecular flexibility index (Phi) is 3.62. The number of carbonyl (C=O) groups excluding carboxylic acids is 1. The van der Waals surface area contributed by atoms with Crippen molar-refractivity contribution in [2.45, 2.75) is 51.0 Å². The smallest absolute Gasteiger partial charge is 0.224 e. The van der Waals surface area contributed by atoms with Gasteiger partial charge in [0.25, 0.3) is 0 Å². The molecule has 0 spiro atoms. The Morgan fingerprint density at radius 1 is 1.27 bits per heavy atom. The topological polar surface area (TPSA) is 46.3 Å². The minimum Gasteiger partial charge on any atom is -0.341 e. The van der Waals surface area contributed by atoms with Crippen LogP contribution in [-0.4, -0.2) is 29.9 Å². The van der Waals surface area contributed by atoms with Gasteiger partial charge in [-0.25, -0.2) is 0 Å². The molecule has 0 bridgehead atoms. The van der Waals surface area contributed by atoms with Gasteiger partial charge in [-0.3, -0.25) is 4.79 Å². The van der Waals surface area contributed by atoms with E-state index in [1.807, 2.05) is 4.90 Å². The van der Waals surface area contributed by atoms with Crippen LogP contribution >= 0.6 is 0 Å². The summed E-state index contributed by atoms with van der Waals surface area (Å²) < 4.78 is 0. The summed E-state index contributed by atoms with van der Waals surface area (Å²) in [5.41, 5.74) is 5.76. The van der Waals surface area contributed by atoms with E-state index in [9.17, 15) is 4.79 Å². The van der Waals surface area contributed by atoms with Crippen LogP contribution in [0.25, 0.3) is 0 Å². The normalized spacial score (nSPS) is 28.7. The lowest BCUT2D eigenvalue weighted by Gasteiger charge is -2.24. The van der Waals surface area contributed by atoms with Crippen LogP contribution in [0.2, 0.25) is 0 Å². The Morgan fingerprint density at radius 3 is 2.60 bits per heavy atom. The molecule has 1 atom stereocenters. The SMILES string of the molecule is NC1CC(=O)N(CCC2CCCCC2)C1. The largest absolute Gasteiger partial charge is 0.341 e. The molecule has 2 N–H and O–H groups in total. The number of carbonyl (C=O) groups is 1. The fourth-order valence-corrected chi connectivity index (χ4v) is 2.83. The second-order valence-electron chi connectivity index (χ2n) is 5.10. The molecule has 1 saturated carbocycles. The predicted molar refractivity (Wildman–Crippen MR) is 60.4 cm³/mol. The number of amides is 1. The van der Waals surface area contributed by atoms with Crippen LogP contribution in [-0.2, 0) is 4.79 Å². The Labute approximate surface area is 92.0 Å². The summed E-state index contributed by atoms with van der Waals surface area (Å²) in [7, 11) is 0. The van der Waals surface area contributed by atoms with E-state index in [0.717, 1.165) is 19.0 Å². The van der Waals surface area contributed by atoms with Crippen molar-refractivity contribution in [2.75, 3.05) is 13.1 Å². The molecule has 86 valence electrons. The van der Waals surface area contributed by atoms with Gasteiger partial charge >= 0.3 is 0 Å². The van der Waals surface area contributed by atoms with Crippen molar-refractivity contribution >= 4 is 5.91 Å². The lowest BCUT2D eigenvalue weighted by Crippen LogP contribution is -2.30. The van der Waals surface area contributed by atoms with E-state index in [2.05, 4.69) is 0 Å². The van der Waals surface area contributed by atoms with Crippen molar-refractivity contribution in [1.82, 2.24) is 4.90 Å². The zero-order chi connectivity index (χ0) is 10.7. The van der Waals surface area contributed by atoms with Gasteiger partial charge in [0.1, 0.15) is 0 Å². The average Bonchev–Trinajstić information content (AvgIpc) is 2.56. The predicted octanol–water partition coefficient (Wildman–Crippen LogP) is 1.52. The maximum Gasteiger partial charge on any atom is 0.224 e. The standard InChI is InChI=1S/C12H22N2O/c13-11-8-12(15)14(9-11)7-6-10-4-2-1-3-5-10/h10-11H,1-9,13H2. The first-order valence-electron chi connectivity index (χ1n) is 6.29. The fourth-order valence-electron chi connectivity index (χ4n) is 2.83. The van der Waals surface area contributed by atoms with Gasteiger partial charge in [-0.2, -0.15) is 0 Å². The van der Waals surface area contributed by atoms with Crippen molar-refractivity contribution in [3.8, 4) is 0 Å². The number of likely N-dealkylation sites (tertiary alicyclic amines) is 1. The minimum absolute atomic E-state index is 0.0869. The van der Waals surface area contributed by atoms with Crippen LogP contribution in [0.15, 0.2) is 0 Å². The minimum atomic E-state index is 0.0869. The van der Waals surface area contributed by atoms with E-state index in [0.29, 0.717) is 6.42 Å². The van der Waals surface area contributed by atoms with Crippen LogP contribution < -0.4 is 5.73 Å². The third kappa shape index (κ3) is 2.94. The van der Waals surface area contributed by atoms with Gasteiger partial charge in [-0.05, 0) is 12.3 Å². The van der Waals surface area contributed by atoms with Crippen molar-refractivity contribution in [2.24, 2.45) is 11.7 Å². The number of hydrogen-bond donors (Lipinski definition) is 1. The van der Waals surface area contributed by atoms with Gasteiger partial charge in [0.15, 0.2) is 0 Å². The maximum atomic E-state index is 11.5. The third-order valence-corrected chi connectivity index (χ3v) is 3.78. The summed E-state index contributed by atoms with van der Waals surface area (Å²) in [6.07, 6.45) is 8.67. The molecule has 3 heteroatoms. The fraction of sp³-hybridized carbons (Fsp3) is 0.917. The number of nitrogens with two attached hydrogens (primary N) is 1. The molecule has 1 amide bonds. The monoisotopic (exact) mass is 210 g/mol. The lowest BCUT2D eigenvalue weighted by molar-refractivity contribution is -0.127. The van der Waals surface area contributed by atoms with E-state index in [1.54, 1.807) is 0 Å². The third-order valence-electron chi connectivity index (χ3n) is 3.78. The van der Waals surface area contributed by atoms with Gasteiger partial charge in [0.05, 0.1) is 0 Å². The summed E-state index contributed by atoms with van der Waals surface area (Å²) in [6, 6.07) is 0.0869. The van der Waals surface area contributed by atoms with E-state index in [-0.39, 0.29) is 11.9 Å². The molecular formula is C12H22N2O. The van der Waals surface area contributed by atoms with Crippen molar-refractivity contribution < 1.29 is 4.79 Å². The molecule has 1 aliphatic heterocycles. The molecular weight excluding hydrogens is 188 g/mol. The lowest BCUT2D eigenvalue weighted by atomic mass is 9.87. The Balaban J connectivity index is 1.70. The van der Waals surface area contributed by atoms with Crippen LogP contribution in [0.5, 0.6) is 0 Å². The highest BCUT2D eigenvalue weighted by atomic mass is 16.2. The Morgan fingerprint density at radius 2 is 2.00 bits per heavy atom. The molecule has 2 fully saturated rings. The Hall–Kier alpha value is -0.570. The first-order chi connectivity index (χ1) is 7.25. The van der Waals surface area contributed by atoms with Crippen LogP contribution in [0.1, 0.15) is 44.9 Å². The van der Waals surface area contributed by atoms with Crippen LogP contribution in [0.4, 0.5) is 0 Å². The van der Waals surface area contributed by atoms with Gasteiger partial charge < -0.3 is 10.6 Å². The molecule has 15 heavy (non-hydrogen) atoms. The highest BCUT2D eigenvalue weighted by Crippen LogP contribution is 2.26. The first kappa shape index (κ1) is 10.9. The summed E-state index contributed by atoms with van der Waals surface area (Å²) in [5, 5.41) is 0. The molecule has 0 aromatic heterocycles. The number of rotatable bonds is 3. The second-order valence-corrected chi connectivity index (χ2v) is 5.10. The summed E-state index contributed by atoms with van der Waals surface area (Å²) in [4.78, 5) is 13.5. The molecule has 3 nitrogen and oxygen atoms in total. The van der Waals surface area contributed by atoms with Crippen molar-refractivity contribution in [3.63, 3.8) is 0 Å². The highest BCUT2D eigenvalue weighted by molar-refractivity contribution is 5.79. The molecule has 1 aliphatic carbocycles. The molecule has 1 heterocycles. The zero-order valence-electron chi connectivity index (χ0n) is 9.45. The quantitative estimate of drug-likeness (QED) is 0.767. The van der Waals surface area contributed by atoms with Crippen LogP contribution in [0, 0.1) is 5.92 Å². The molecule has 1 unspecified atom stereocenters. The van der Waals surface area contributed by atoms with Gasteiger partial charge in [0, 0.05) is 25.6 Å². The van der Waals surface area contributed by atoms with Crippen molar-refractivity contribution in [3.05, 3.63) is 0 Å². The number of nitrogens with zero attached hydrogens (tertiary/aromatic N) is 1. The maximum absolute atomic E-state index is 11.5. The van der Waals surface area contributed by atoms with E-state index in [4.69, 9.17) is 5.73 Å². The zero-order valence-corrected chi connectivity index (χ0v) is 9.45. The van der Waals surface area contributed by atoms with E-state index < -0.39 is 0 Å². The molecule has 0 radical (unpaired) electrons. The average molecular weight is 210 g/mol.